The van der Waals surface area contributed by atoms with Crippen molar-refractivity contribution in [3.05, 3.63) is 62.6 Å². The minimum Gasteiger partial charge on any atom is -0.334 e. The maximum atomic E-state index is 10.6. The molecule has 1 aromatic heterocycles. The topological polar surface area (TPSA) is 82.1 Å². The van der Waals surface area contributed by atoms with Crippen LogP contribution >= 0.6 is 23.2 Å². The molecule has 0 saturated heterocycles. The number of nitrogens with zero attached hydrogens (tertiary/aromatic N) is 3. The van der Waals surface area contributed by atoms with Crippen LogP contribution in [-0.4, -0.2) is 15.1 Å². The summed E-state index contributed by atoms with van der Waals surface area (Å²) in [4.78, 5) is 14.4. The highest BCUT2D eigenvalue weighted by molar-refractivity contribution is 6.36. The number of rotatable bonds is 3. The van der Waals surface area contributed by atoms with E-state index in [1.165, 1.54) is 12.1 Å². The number of nitro benzene ring substituents is 1. The number of aromatic nitrogens is 2. The molecule has 0 N–H and O–H groups in total. The van der Waals surface area contributed by atoms with Crippen LogP contribution in [0.5, 0.6) is 0 Å². The van der Waals surface area contributed by atoms with E-state index in [0.29, 0.717) is 27.0 Å². The van der Waals surface area contributed by atoms with Crippen LogP contribution in [0.15, 0.2) is 47.0 Å². The first-order chi connectivity index (χ1) is 10.5. The fourth-order valence-electron chi connectivity index (χ4n) is 1.85. The molecule has 110 valence electrons. The van der Waals surface area contributed by atoms with E-state index < -0.39 is 4.92 Å². The highest BCUT2D eigenvalue weighted by Gasteiger charge is 2.14. The average Bonchev–Trinajstić information content (AvgIpc) is 2.97. The minimum atomic E-state index is -0.473. The molecule has 0 aliphatic heterocycles. The highest BCUT2D eigenvalue weighted by atomic mass is 35.5. The standard InChI is InChI=1S/C14H7Cl2N3O3/c15-9-3-6-11(12(16)7-9)14-17-13(18-22-14)8-1-4-10(5-2-8)19(20)21/h1-7H. The molecule has 3 aromatic rings. The summed E-state index contributed by atoms with van der Waals surface area (Å²) in [6.07, 6.45) is 0. The molecule has 2 aromatic carbocycles. The maximum absolute atomic E-state index is 10.6. The van der Waals surface area contributed by atoms with E-state index in [2.05, 4.69) is 10.1 Å². The van der Waals surface area contributed by atoms with Gasteiger partial charge in [-0.2, -0.15) is 4.98 Å². The van der Waals surface area contributed by atoms with Gasteiger partial charge in [0.1, 0.15) is 0 Å². The van der Waals surface area contributed by atoms with Gasteiger partial charge in [-0.3, -0.25) is 10.1 Å². The van der Waals surface area contributed by atoms with Crippen molar-refractivity contribution in [2.45, 2.75) is 0 Å². The normalized spacial score (nSPS) is 10.6. The molecule has 6 nitrogen and oxygen atoms in total. The van der Waals surface area contributed by atoms with Gasteiger partial charge in [-0.15, -0.1) is 0 Å². The van der Waals surface area contributed by atoms with Crippen LogP contribution in [0.2, 0.25) is 10.0 Å². The van der Waals surface area contributed by atoms with Crippen LogP contribution < -0.4 is 0 Å². The van der Waals surface area contributed by atoms with E-state index in [-0.39, 0.29) is 11.6 Å². The molecule has 1 heterocycles. The van der Waals surface area contributed by atoms with Gasteiger partial charge in [0.15, 0.2) is 0 Å². The second kappa shape index (κ2) is 5.75. The van der Waals surface area contributed by atoms with E-state index in [1.54, 1.807) is 30.3 Å². The van der Waals surface area contributed by atoms with E-state index >= 15 is 0 Å². The summed E-state index contributed by atoms with van der Waals surface area (Å²) in [6, 6.07) is 10.8. The van der Waals surface area contributed by atoms with E-state index in [4.69, 9.17) is 27.7 Å². The Hall–Kier alpha value is -2.44. The van der Waals surface area contributed by atoms with Gasteiger partial charge in [-0.1, -0.05) is 28.4 Å². The summed E-state index contributed by atoms with van der Waals surface area (Å²) >= 11 is 11.9. The number of halogens is 2. The minimum absolute atomic E-state index is 0.00628. The predicted molar refractivity (Wildman–Crippen MR) is 81.8 cm³/mol. The molecule has 0 saturated carbocycles. The molecule has 3 rings (SSSR count). The Morgan fingerprint density at radius 3 is 2.45 bits per heavy atom. The molecule has 0 spiro atoms. The smallest absolute Gasteiger partial charge is 0.269 e. The van der Waals surface area contributed by atoms with Crippen LogP contribution in [0.3, 0.4) is 0 Å². The molecule has 0 amide bonds. The van der Waals surface area contributed by atoms with Gasteiger partial charge >= 0.3 is 0 Å². The molecule has 0 unspecified atom stereocenters. The Labute approximate surface area is 134 Å². The van der Waals surface area contributed by atoms with Gasteiger partial charge in [0.05, 0.1) is 15.5 Å². The lowest BCUT2D eigenvalue weighted by Gasteiger charge is -1.98. The SMILES string of the molecule is O=[N+]([O-])c1ccc(-c2noc(-c3ccc(Cl)cc3Cl)n2)cc1. The second-order valence-corrected chi connectivity index (χ2v) is 5.19. The molecular weight excluding hydrogens is 329 g/mol. The van der Waals surface area contributed by atoms with Crippen molar-refractivity contribution in [1.82, 2.24) is 10.1 Å². The van der Waals surface area contributed by atoms with Crippen molar-refractivity contribution >= 4 is 28.9 Å². The summed E-state index contributed by atoms with van der Waals surface area (Å²) in [5.74, 6) is 0.561. The van der Waals surface area contributed by atoms with Crippen molar-refractivity contribution in [1.29, 1.82) is 0 Å². The van der Waals surface area contributed by atoms with Gasteiger partial charge in [0, 0.05) is 22.7 Å². The zero-order valence-electron chi connectivity index (χ0n) is 10.9. The van der Waals surface area contributed by atoms with Crippen LogP contribution in [0.25, 0.3) is 22.8 Å². The van der Waals surface area contributed by atoms with Crippen molar-refractivity contribution < 1.29 is 9.45 Å². The zero-order valence-corrected chi connectivity index (χ0v) is 12.4. The molecule has 22 heavy (non-hydrogen) atoms. The lowest BCUT2D eigenvalue weighted by atomic mass is 10.2. The fraction of sp³-hybridized carbons (Fsp3) is 0. The summed E-state index contributed by atoms with van der Waals surface area (Å²) in [6.45, 7) is 0. The summed E-state index contributed by atoms with van der Waals surface area (Å²) < 4.78 is 5.18. The van der Waals surface area contributed by atoms with E-state index in [1.807, 2.05) is 0 Å². The largest absolute Gasteiger partial charge is 0.334 e. The molecule has 0 atom stereocenters. The number of benzene rings is 2. The third-order valence-electron chi connectivity index (χ3n) is 2.92. The third-order valence-corrected chi connectivity index (χ3v) is 3.47. The first-order valence-corrected chi connectivity index (χ1v) is 6.84. The number of nitro groups is 1. The summed E-state index contributed by atoms with van der Waals surface area (Å²) in [5.41, 5.74) is 1.16. The predicted octanol–water partition coefficient (Wildman–Crippen LogP) is 4.62. The Morgan fingerprint density at radius 2 is 1.82 bits per heavy atom. The van der Waals surface area contributed by atoms with Crippen molar-refractivity contribution in [3.8, 4) is 22.8 Å². The van der Waals surface area contributed by atoms with Crippen molar-refractivity contribution in [3.63, 3.8) is 0 Å². The Kier molecular flexibility index (Phi) is 3.79. The molecule has 8 heteroatoms. The van der Waals surface area contributed by atoms with Gasteiger partial charge in [-0.05, 0) is 30.3 Å². The Morgan fingerprint density at radius 1 is 1.09 bits per heavy atom. The first-order valence-electron chi connectivity index (χ1n) is 6.08. The third kappa shape index (κ3) is 2.79. The average molecular weight is 336 g/mol. The van der Waals surface area contributed by atoms with Crippen LogP contribution in [-0.2, 0) is 0 Å². The fourth-order valence-corrected chi connectivity index (χ4v) is 2.33. The molecule has 0 aliphatic rings. The Balaban J connectivity index is 1.95. The Bertz CT molecular complexity index is 847. The first kappa shape index (κ1) is 14.5. The monoisotopic (exact) mass is 335 g/mol. The molecule has 0 fully saturated rings. The molecule has 0 radical (unpaired) electrons. The summed E-state index contributed by atoms with van der Waals surface area (Å²) in [7, 11) is 0. The van der Waals surface area contributed by atoms with Crippen LogP contribution in [0.1, 0.15) is 0 Å². The van der Waals surface area contributed by atoms with Crippen LogP contribution in [0, 0.1) is 10.1 Å². The number of hydrogen-bond donors (Lipinski definition) is 0. The van der Waals surface area contributed by atoms with Gasteiger partial charge in [-0.25, -0.2) is 0 Å². The molecule has 0 bridgehead atoms. The number of non-ortho nitro benzene ring substituents is 1. The second-order valence-electron chi connectivity index (χ2n) is 4.35. The zero-order chi connectivity index (χ0) is 15.7. The van der Waals surface area contributed by atoms with Crippen molar-refractivity contribution in [2.24, 2.45) is 0 Å². The van der Waals surface area contributed by atoms with E-state index in [0.717, 1.165) is 0 Å². The van der Waals surface area contributed by atoms with Gasteiger partial charge in [0.25, 0.3) is 11.6 Å². The highest BCUT2D eigenvalue weighted by Crippen LogP contribution is 2.30. The maximum Gasteiger partial charge on any atom is 0.269 e. The summed E-state index contributed by atoms with van der Waals surface area (Å²) in [5, 5.41) is 15.4. The van der Waals surface area contributed by atoms with Gasteiger partial charge < -0.3 is 4.52 Å². The van der Waals surface area contributed by atoms with E-state index in [9.17, 15) is 10.1 Å². The molecule has 0 aliphatic carbocycles. The quantitative estimate of drug-likeness (QED) is 0.515. The number of hydrogen-bond acceptors (Lipinski definition) is 5. The van der Waals surface area contributed by atoms with Crippen LogP contribution in [0.4, 0.5) is 5.69 Å². The van der Waals surface area contributed by atoms with Gasteiger partial charge in [0.2, 0.25) is 5.82 Å². The van der Waals surface area contributed by atoms with Crippen molar-refractivity contribution in [2.75, 3.05) is 0 Å². The lowest BCUT2D eigenvalue weighted by Crippen LogP contribution is -1.88. The lowest BCUT2D eigenvalue weighted by molar-refractivity contribution is -0.384. The molecular formula is C14H7Cl2N3O3.